The Hall–Kier alpha value is -1.72. The number of hydrogen-bond acceptors (Lipinski definition) is 5. The van der Waals surface area contributed by atoms with E-state index in [1.165, 1.54) is 11.3 Å². The number of rotatable bonds is 5. The molecule has 0 aliphatic carbocycles. The van der Waals surface area contributed by atoms with Gasteiger partial charge in [-0.05, 0) is 44.2 Å². The summed E-state index contributed by atoms with van der Waals surface area (Å²) >= 11 is 7.47. The fraction of sp³-hybridized carbons (Fsp3) is 0.267. The van der Waals surface area contributed by atoms with Crippen LogP contribution in [0.15, 0.2) is 30.3 Å². The smallest absolute Gasteiger partial charge is 0.340 e. The number of carbonyl (C=O) groups excluding carboxylic acids is 1. The number of halogens is 1. The molecule has 0 saturated heterocycles. The number of nitrogen functional groups attached to an aromatic ring is 1. The summed E-state index contributed by atoms with van der Waals surface area (Å²) in [6, 6.07) is 9.17. The molecule has 0 aliphatic rings. The summed E-state index contributed by atoms with van der Waals surface area (Å²) in [6.45, 7) is 4.11. The largest absolute Gasteiger partial charge is 0.462 e. The third kappa shape index (κ3) is 3.89. The second-order valence-electron chi connectivity index (χ2n) is 4.53. The molecule has 2 aromatic rings. The number of esters is 1. The number of hydrogen-bond donors (Lipinski definition) is 2. The monoisotopic (exact) mass is 324 g/mol. The van der Waals surface area contributed by atoms with Gasteiger partial charge in [0.15, 0.2) is 0 Å². The van der Waals surface area contributed by atoms with Crippen molar-refractivity contribution in [3.05, 3.63) is 45.1 Å². The molecule has 0 bridgehead atoms. The predicted molar refractivity (Wildman–Crippen MR) is 88.2 cm³/mol. The number of anilines is 2. The number of ether oxygens (including phenoxy) is 1. The fourth-order valence-corrected chi connectivity index (χ4v) is 2.98. The van der Waals surface area contributed by atoms with Gasteiger partial charge in [-0.2, -0.15) is 0 Å². The maximum Gasteiger partial charge on any atom is 0.340 e. The van der Waals surface area contributed by atoms with Gasteiger partial charge in [-0.15, -0.1) is 11.3 Å². The number of thiophene rings is 1. The van der Waals surface area contributed by atoms with E-state index in [0.717, 1.165) is 14.9 Å². The second-order valence-corrected chi connectivity index (χ2v) is 6.28. The molecule has 0 spiro atoms. The minimum Gasteiger partial charge on any atom is -0.462 e. The molecule has 1 atom stereocenters. The van der Waals surface area contributed by atoms with E-state index in [1.807, 2.05) is 25.1 Å². The van der Waals surface area contributed by atoms with Gasteiger partial charge < -0.3 is 15.8 Å². The van der Waals surface area contributed by atoms with E-state index in [9.17, 15) is 4.79 Å². The number of benzene rings is 1. The van der Waals surface area contributed by atoms with Gasteiger partial charge in [-0.1, -0.05) is 11.6 Å². The molecule has 3 N–H and O–H groups in total. The van der Waals surface area contributed by atoms with Crippen LogP contribution >= 0.6 is 22.9 Å². The quantitative estimate of drug-likeness (QED) is 0.634. The lowest BCUT2D eigenvalue weighted by molar-refractivity contribution is 0.0527. The van der Waals surface area contributed by atoms with Crippen molar-refractivity contribution >= 4 is 40.3 Å². The molecule has 0 aliphatic heterocycles. The zero-order valence-electron chi connectivity index (χ0n) is 11.9. The summed E-state index contributed by atoms with van der Waals surface area (Å²) in [4.78, 5) is 13.0. The van der Waals surface area contributed by atoms with Gasteiger partial charge in [0, 0.05) is 16.3 Å². The van der Waals surface area contributed by atoms with Crippen LogP contribution in [0.5, 0.6) is 0 Å². The zero-order chi connectivity index (χ0) is 15.4. The molecule has 6 heteroatoms. The predicted octanol–water partition coefficient (Wildman–Crippen LogP) is 4.33. The molecule has 0 fully saturated rings. The van der Waals surface area contributed by atoms with Crippen LogP contribution in [-0.2, 0) is 4.74 Å². The highest BCUT2D eigenvalue weighted by molar-refractivity contribution is 7.16. The van der Waals surface area contributed by atoms with E-state index >= 15 is 0 Å². The SMILES string of the molecule is CCOC(=O)c1cc(NC(C)c2ccc(Cl)s2)ccc1N. The molecular weight excluding hydrogens is 308 g/mol. The minimum absolute atomic E-state index is 0.0844. The Balaban J connectivity index is 2.17. The van der Waals surface area contributed by atoms with Crippen LogP contribution in [0.3, 0.4) is 0 Å². The first-order valence-electron chi connectivity index (χ1n) is 6.59. The Kier molecular flexibility index (Phi) is 5.09. The first-order valence-corrected chi connectivity index (χ1v) is 7.79. The van der Waals surface area contributed by atoms with E-state index in [2.05, 4.69) is 5.32 Å². The van der Waals surface area contributed by atoms with Crippen molar-refractivity contribution < 1.29 is 9.53 Å². The molecule has 4 nitrogen and oxygen atoms in total. The lowest BCUT2D eigenvalue weighted by atomic mass is 10.1. The molecule has 21 heavy (non-hydrogen) atoms. The maximum absolute atomic E-state index is 11.8. The van der Waals surface area contributed by atoms with Gasteiger partial charge in [0.25, 0.3) is 0 Å². The standard InChI is InChI=1S/C15H17ClN2O2S/c1-3-20-15(19)11-8-10(4-5-12(11)17)18-9(2)13-6-7-14(16)21-13/h4-9,18H,3,17H2,1-2H3. The van der Waals surface area contributed by atoms with E-state index < -0.39 is 5.97 Å². The van der Waals surface area contributed by atoms with Crippen molar-refractivity contribution in [2.75, 3.05) is 17.7 Å². The number of nitrogens with two attached hydrogens (primary N) is 1. The summed E-state index contributed by atoms with van der Waals surface area (Å²) < 4.78 is 5.75. The molecule has 1 aromatic carbocycles. The topological polar surface area (TPSA) is 64.3 Å². The molecule has 0 radical (unpaired) electrons. The molecule has 112 valence electrons. The maximum atomic E-state index is 11.8. The Bertz CT molecular complexity index is 642. The van der Waals surface area contributed by atoms with Gasteiger partial charge in [0.1, 0.15) is 0 Å². The van der Waals surface area contributed by atoms with Crippen LogP contribution in [-0.4, -0.2) is 12.6 Å². The average molecular weight is 325 g/mol. The van der Waals surface area contributed by atoms with Gasteiger partial charge in [0.05, 0.1) is 22.5 Å². The van der Waals surface area contributed by atoms with Gasteiger partial charge in [-0.25, -0.2) is 4.79 Å². The molecule has 0 amide bonds. The van der Waals surface area contributed by atoms with Crippen LogP contribution in [0.25, 0.3) is 0 Å². The summed E-state index contributed by atoms with van der Waals surface area (Å²) in [7, 11) is 0. The lowest BCUT2D eigenvalue weighted by Gasteiger charge is -2.15. The van der Waals surface area contributed by atoms with Crippen LogP contribution in [0.2, 0.25) is 4.34 Å². The van der Waals surface area contributed by atoms with Crippen molar-refractivity contribution in [1.29, 1.82) is 0 Å². The molecule has 1 heterocycles. The molecule has 0 saturated carbocycles. The summed E-state index contributed by atoms with van der Waals surface area (Å²) in [5, 5.41) is 3.32. The Morgan fingerprint density at radius 2 is 2.19 bits per heavy atom. The highest BCUT2D eigenvalue weighted by atomic mass is 35.5. The van der Waals surface area contributed by atoms with Crippen molar-refractivity contribution in [2.45, 2.75) is 19.9 Å². The Morgan fingerprint density at radius 3 is 2.81 bits per heavy atom. The first-order chi connectivity index (χ1) is 10.0. The molecule has 2 rings (SSSR count). The third-order valence-electron chi connectivity index (χ3n) is 2.95. The summed E-state index contributed by atoms with van der Waals surface area (Å²) in [5.41, 5.74) is 7.41. The lowest BCUT2D eigenvalue weighted by Crippen LogP contribution is -2.10. The van der Waals surface area contributed by atoms with Crippen LogP contribution in [0.4, 0.5) is 11.4 Å². The first kappa shape index (κ1) is 15.7. The van der Waals surface area contributed by atoms with Crippen molar-refractivity contribution in [1.82, 2.24) is 0 Å². The van der Waals surface area contributed by atoms with E-state index in [-0.39, 0.29) is 6.04 Å². The minimum atomic E-state index is -0.412. The van der Waals surface area contributed by atoms with Crippen LogP contribution in [0.1, 0.15) is 35.1 Å². The summed E-state index contributed by atoms with van der Waals surface area (Å²) in [5.74, 6) is -0.412. The molecule has 1 aromatic heterocycles. The Labute approximate surface area is 132 Å². The normalized spacial score (nSPS) is 12.0. The van der Waals surface area contributed by atoms with Crippen molar-refractivity contribution in [3.8, 4) is 0 Å². The van der Waals surface area contributed by atoms with E-state index in [1.54, 1.807) is 19.1 Å². The van der Waals surface area contributed by atoms with Crippen LogP contribution in [0, 0.1) is 0 Å². The fourth-order valence-electron chi connectivity index (χ4n) is 1.91. The van der Waals surface area contributed by atoms with Crippen LogP contribution < -0.4 is 11.1 Å². The second kappa shape index (κ2) is 6.83. The number of carbonyl (C=O) groups is 1. The van der Waals surface area contributed by atoms with Gasteiger partial charge >= 0.3 is 5.97 Å². The van der Waals surface area contributed by atoms with Gasteiger partial charge in [-0.3, -0.25) is 0 Å². The highest BCUT2D eigenvalue weighted by Gasteiger charge is 2.13. The highest BCUT2D eigenvalue weighted by Crippen LogP contribution is 2.29. The van der Waals surface area contributed by atoms with E-state index in [0.29, 0.717) is 17.9 Å². The third-order valence-corrected chi connectivity index (χ3v) is 4.37. The van der Waals surface area contributed by atoms with Crippen molar-refractivity contribution in [2.24, 2.45) is 0 Å². The molecular formula is C15H17ClN2O2S. The van der Waals surface area contributed by atoms with Gasteiger partial charge in [0.2, 0.25) is 0 Å². The Morgan fingerprint density at radius 1 is 1.43 bits per heavy atom. The summed E-state index contributed by atoms with van der Waals surface area (Å²) in [6.07, 6.45) is 0. The zero-order valence-corrected chi connectivity index (χ0v) is 13.4. The number of nitrogens with one attached hydrogen (secondary N) is 1. The average Bonchev–Trinajstić information content (AvgIpc) is 2.88. The van der Waals surface area contributed by atoms with Crippen molar-refractivity contribution in [3.63, 3.8) is 0 Å². The van der Waals surface area contributed by atoms with E-state index in [4.69, 9.17) is 22.1 Å². The molecule has 1 unspecified atom stereocenters.